The van der Waals surface area contributed by atoms with Crippen LogP contribution in [-0.4, -0.2) is 45.9 Å². The number of rotatable bonds is 11. The average Bonchev–Trinajstić information content (AvgIpc) is 2.70. The second-order valence-electron chi connectivity index (χ2n) is 6.20. The van der Waals surface area contributed by atoms with Crippen LogP contribution < -0.4 is 15.0 Å². The summed E-state index contributed by atoms with van der Waals surface area (Å²) in [5.74, 6) is 0.169. The number of H-pyrrole nitrogens is 1. The van der Waals surface area contributed by atoms with E-state index in [0.717, 1.165) is 23.9 Å². The predicted octanol–water partition coefficient (Wildman–Crippen LogP) is 2.78. The van der Waals surface area contributed by atoms with Gasteiger partial charge in [-0.25, -0.2) is 0 Å². The van der Waals surface area contributed by atoms with Crippen molar-refractivity contribution in [3.63, 3.8) is 0 Å². The van der Waals surface area contributed by atoms with Gasteiger partial charge in [0.05, 0.1) is 26.4 Å². The molecule has 0 saturated carbocycles. The van der Waals surface area contributed by atoms with Crippen molar-refractivity contribution in [1.82, 2.24) is 14.9 Å². The zero-order chi connectivity index (χ0) is 21.2. The normalized spacial score (nSPS) is 11.0. The first-order valence-corrected chi connectivity index (χ1v) is 9.64. The first kappa shape index (κ1) is 22.3. The maximum absolute atomic E-state index is 12.4. The number of nitrogens with one attached hydrogen (secondary N) is 1. The number of aryl methyl sites for hydroxylation is 1. The Labute approximate surface area is 173 Å². The monoisotopic (exact) mass is 420 g/mol. The number of hydrogen-bond acceptors (Lipinski definition) is 7. The zero-order valence-electron chi connectivity index (χ0n) is 16.4. The minimum atomic E-state index is -1.02. The second kappa shape index (κ2) is 11.1. The highest BCUT2D eigenvalue weighted by molar-refractivity contribution is 7.71. The number of aromatic amines is 1. The summed E-state index contributed by atoms with van der Waals surface area (Å²) < 4.78 is 12.1. The molecule has 0 unspecified atom stereocenters. The lowest BCUT2D eigenvalue weighted by atomic mass is 10.2. The van der Waals surface area contributed by atoms with Crippen molar-refractivity contribution in [3.8, 4) is 11.5 Å². The Balaban J connectivity index is 2.20. The van der Waals surface area contributed by atoms with Gasteiger partial charge in [-0.3, -0.25) is 14.7 Å². The van der Waals surface area contributed by atoms with Gasteiger partial charge in [0.2, 0.25) is 4.77 Å². The summed E-state index contributed by atoms with van der Waals surface area (Å²) in [5, 5.41) is 19.2. The lowest BCUT2D eigenvalue weighted by Crippen LogP contribution is -2.25. The van der Waals surface area contributed by atoms with Crippen molar-refractivity contribution in [2.24, 2.45) is 5.10 Å². The number of methoxy groups -OCH3 is 1. The Morgan fingerprint density at radius 1 is 1.38 bits per heavy atom. The quantitative estimate of drug-likeness (QED) is 0.326. The van der Waals surface area contributed by atoms with Crippen LogP contribution >= 0.6 is 12.2 Å². The molecule has 0 aliphatic rings. The minimum absolute atomic E-state index is 0.00756. The maximum Gasteiger partial charge on any atom is 0.303 e. The molecule has 9 nitrogen and oxygen atoms in total. The summed E-state index contributed by atoms with van der Waals surface area (Å²) in [6, 6.07) is 5.30. The zero-order valence-corrected chi connectivity index (χ0v) is 17.2. The molecule has 2 aromatic rings. The summed E-state index contributed by atoms with van der Waals surface area (Å²) in [7, 11) is 1.55. The molecule has 1 aromatic heterocycles. The van der Waals surface area contributed by atoms with Crippen LogP contribution in [0.3, 0.4) is 0 Å². The van der Waals surface area contributed by atoms with Gasteiger partial charge in [-0.15, -0.1) is 0 Å². The first-order chi connectivity index (χ1) is 14.0. The van der Waals surface area contributed by atoms with Crippen LogP contribution in [0.25, 0.3) is 0 Å². The van der Waals surface area contributed by atoms with Crippen molar-refractivity contribution in [1.29, 1.82) is 0 Å². The Morgan fingerprint density at radius 3 is 2.86 bits per heavy atom. The summed E-state index contributed by atoms with van der Waals surface area (Å²) >= 11 is 5.06. The van der Waals surface area contributed by atoms with E-state index < -0.39 is 11.5 Å². The van der Waals surface area contributed by atoms with Crippen LogP contribution in [0.2, 0.25) is 0 Å². The van der Waals surface area contributed by atoms with Crippen molar-refractivity contribution in [2.45, 2.75) is 39.0 Å². The van der Waals surface area contributed by atoms with E-state index in [1.807, 2.05) is 0 Å². The van der Waals surface area contributed by atoms with E-state index in [-0.39, 0.29) is 23.3 Å². The van der Waals surface area contributed by atoms with Crippen LogP contribution in [0.4, 0.5) is 0 Å². The third-order valence-electron chi connectivity index (χ3n) is 4.01. The predicted molar refractivity (Wildman–Crippen MR) is 111 cm³/mol. The molecule has 0 aliphatic heterocycles. The van der Waals surface area contributed by atoms with Crippen LogP contribution in [0.5, 0.6) is 11.5 Å². The molecule has 0 radical (unpaired) electrons. The SMILES string of the molecule is CCCCCOc1ccc(/C=N\n2c(=S)[nH]nc(CCC(=O)O)c2=O)cc1OC. The number of nitrogens with zero attached hydrogens (tertiary/aromatic N) is 3. The Bertz CT molecular complexity index is 983. The largest absolute Gasteiger partial charge is 0.493 e. The molecular weight excluding hydrogens is 396 g/mol. The van der Waals surface area contributed by atoms with Gasteiger partial charge in [-0.1, -0.05) is 19.8 Å². The van der Waals surface area contributed by atoms with Crippen LogP contribution in [0.1, 0.15) is 43.9 Å². The van der Waals surface area contributed by atoms with Crippen molar-refractivity contribution in [3.05, 3.63) is 44.6 Å². The van der Waals surface area contributed by atoms with E-state index in [9.17, 15) is 9.59 Å². The molecule has 29 heavy (non-hydrogen) atoms. The van der Waals surface area contributed by atoms with E-state index in [2.05, 4.69) is 22.2 Å². The van der Waals surface area contributed by atoms with Gasteiger partial charge >= 0.3 is 5.97 Å². The Morgan fingerprint density at radius 2 is 2.17 bits per heavy atom. The minimum Gasteiger partial charge on any atom is -0.493 e. The van der Waals surface area contributed by atoms with Gasteiger partial charge in [0.15, 0.2) is 11.5 Å². The topological polar surface area (TPSA) is 119 Å². The molecule has 156 valence electrons. The number of ether oxygens (including phenoxy) is 2. The third kappa shape index (κ3) is 6.53. The maximum atomic E-state index is 12.4. The Hall–Kier alpha value is -3.01. The van der Waals surface area contributed by atoms with Gasteiger partial charge < -0.3 is 14.6 Å². The smallest absolute Gasteiger partial charge is 0.303 e. The molecule has 10 heteroatoms. The lowest BCUT2D eigenvalue weighted by molar-refractivity contribution is -0.136. The number of carbonyl (C=O) groups is 1. The highest BCUT2D eigenvalue weighted by Crippen LogP contribution is 2.27. The highest BCUT2D eigenvalue weighted by Gasteiger charge is 2.09. The molecule has 0 amide bonds. The highest BCUT2D eigenvalue weighted by atomic mass is 32.1. The molecule has 0 spiro atoms. The number of hydrogen-bond donors (Lipinski definition) is 2. The molecule has 1 aromatic carbocycles. The number of carboxylic acids is 1. The van der Waals surface area contributed by atoms with E-state index in [0.29, 0.717) is 23.7 Å². The van der Waals surface area contributed by atoms with Gasteiger partial charge in [-0.05, 0) is 42.4 Å². The molecule has 0 fully saturated rings. The summed E-state index contributed by atoms with van der Waals surface area (Å²) in [6.45, 7) is 2.74. The fourth-order valence-electron chi connectivity index (χ4n) is 2.46. The van der Waals surface area contributed by atoms with Crippen molar-refractivity contribution < 1.29 is 19.4 Å². The van der Waals surface area contributed by atoms with E-state index in [1.54, 1.807) is 25.3 Å². The van der Waals surface area contributed by atoms with Gasteiger partial charge in [-0.2, -0.15) is 14.9 Å². The number of carboxylic acid groups (broad SMARTS) is 1. The number of benzene rings is 1. The van der Waals surface area contributed by atoms with Crippen LogP contribution in [0, 0.1) is 4.77 Å². The summed E-state index contributed by atoms with van der Waals surface area (Å²) in [4.78, 5) is 23.1. The molecule has 0 saturated heterocycles. The molecule has 0 bridgehead atoms. The van der Waals surface area contributed by atoms with Crippen molar-refractivity contribution in [2.75, 3.05) is 13.7 Å². The molecular formula is C19H24N4O5S. The number of aliphatic carboxylic acids is 1. The molecule has 0 atom stereocenters. The van der Waals surface area contributed by atoms with Gasteiger partial charge in [0, 0.05) is 6.42 Å². The lowest BCUT2D eigenvalue weighted by Gasteiger charge is -2.11. The first-order valence-electron chi connectivity index (χ1n) is 9.23. The molecule has 2 rings (SSSR count). The summed E-state index contributed by atoms with van der Waals surface area (Å²) in [5.41, 5.74) is 0.161. The molecule has 1 heterocycles. The molecule has 2 N–H and O–H groups in total. The van der Waals surface area contributed by atoms with E-state index >= 15 is 0 Å². The van der Waals surface area contributed by atoms with Gasteiger partial charge in [0.25, 0.3) is 5.56 Å². The molecule has 0 aliphatic carbocycles. The number of aromatic nitrogens is 3. The Kier molecular flexibility index (Phi) is 8.53. The fourth-order valence-corrected chi connectivity index (χ4v) is 2.64. The number of unbranched alkanes of at least 4 members (excludes halogenated alkanes) is 2. The standard InChI is InChI=1S/C19H24N4O5S/c1-3-4-5-10-28-15-8-6-13(11-16(15)27-2)12-20-23-18(26)14(7-9-17(24)25)21-22-19(23)29/h6,8,11-12H,3-5,7,9-10H2,1-2H3,(H,22,29)(H,24,25)/b20-12-. The van der Waals surface area contributed by atoms with Crippen LogP contribution in [0.15, 0.2) is 28.1 Å². The second-order valence-corrected chi connectivity index (χ2v) is 6.58. The summed E-state index contributed by atoms with van der Waals surface area (Å²) in [6.07, 6.45) is 4.40. The van der Waals surface area contributed by atoms with E-state index in [1.165, 1.54) is 6.21 Å². The fraction of sp³-hybridized carbons (Fsp3) is 0.421. The van der Waals surface area contributed by atoms with E-state index in [4.69, 9.17) is 26.8 Å². The average molecular weight is 420 g/mol. The van der Waals surface area contributed by atoms with Gasteiger partial charge in [0.1, 0.15) is 5.69 Å². The van der Waals surface area contributed by atoms with Crippen molar-refractivity contribution >= 4 is 24.4 Å². The third-order valence-corrected chi connectivity index (χ3v) is 4.27. The van der Waals surface area contributed by atoms with Crippen LogP contribution in [-0.2, 0) is 11.2 Å².